The third-order valence-electron chi connectivity index (χ3n) is 4.30. The minimum atomic E-state index is -0.259. The highest BCUT2D eigenvalue weighted by Gasteiger charge is 2.20. The van der Waals surface area contributed by atoms with Gasteiger partial charge in [0.1, 0.15) is 5.82 Å². The number of furan rings is 1. The molecule has 1 aromatic carbocycles. The van der Waals surface area contributed by atoms with Crippen molar-refractivity contribution in [3.8, 4) is 0 Å². The van der Waals surface area contributed by atoms with Crippen molar-refractivity contribution in [2.75, 3.05) is 17.6 Å². The zero-order valence-electron chi connectivity index (χ0n) is 18.8. The first-order chi connectivity index (χ1) is 15.2. The molecule has 31 heavy (non-hydrogen) atoms. The average Bonchev–Trinajstić information content (AvgIpc) is 3.19. The number of nitrogens with zero attached hydrogens (tertiary/aromatic N) is 2. The summed E-state index contributed by atoms with van der Waals surface area (Å²) in [7, 11) is 0. The highest BCUT2D eigenvalue weighted by molar-refractivity contribution is 6.07. The maximum Gasteiger partial charge on any atom is 0.289 e. The van der Waals surface area contributed by atoms with Crippen LogP contribution in [0.3, 0.4) is 0 Å². The van der Waals surface area contributed by atoms with E-state index in [2.05, 4.69) is 20.6 Å². The number of hydrogen-bond acceptors (Lipinski definition) is 6. The second-order valence-electron chi connectivity index (χ2n) is 6.19. The number of rotatable bonds is 5. The maximum absolute atomic E-state index is 12.6. The van der Waals surface area contributed by atoms with Gasteiger partial charge in [-0.05, 0) is 42.1 Å². The second-order valence-corrected chi connectivity index (χ2v) is 6.19. The quantitative estimate of drug-likeness (QED) is 0.371. The molecular formula is C24H31N5O2. The van der Waals surface area contributed by atoms with E-state index in [0.717, 1.165) is 28.3 Å². The van der Waals surface area contributed by atoms with Crippen molar-refractivity contribution in [3.63, 3.8) is 0 Å². The first kappa shape index (κ1) is 23.7. The number of anilines is 3. The van der Waals surface area contributed by atoms with Gasteiger partial charge in [-0.2, -0.15) is 0 Å². The minimum Gasteiger partial charge on any atom is -0.447 e. The van der Waals surface area contributed by atoms with Crippen molar-refractivity contribution in [3.05, 3.63) is 54.7 Å². The van der Waals surface area contributed by atoms with Crippen molar-refractivity contribution >= 4 is 44.8 Å². The number of pyridine rings is 2. The topological polar surface area (TPSA) is 106 Å². The second kappa shape index (κ2) is 11.5. The molecule has 7 nitrogen and oxygen atoms in total. The molecule has 164 valence electrons. The predicted molar refractivity (Wildman–Crippen MR) is 129 cm³/mol. The number of amides is 1. The molecule has 3 aromatic heterocycles. The summed E-state index contributed by atoms with van der Waals surface area (Å²) in [5.74, 6) is 0.462. The summed E-state index contributed by atoms with van der Waals surface area (Å²) in [6.07, 6.45) is 5.79. The van der Waals surface area contributed by atoms with E-state index in [4.69, 9.17) is 10.2 Å². The normalized spacial score (nSPS) is 9.97. The number of aromatic nitrogens is 2. The molecule has 0 unspecified atom stereocenters. The highest BCUT2D eigenvalue weighted by atomic mass is 16.3. The molecule has 3 heterocycles. The molecule has 7 heteroatoms. The summed E-state index contributed by atoms with van der Waals surface area (Å²) in [6, 6.07) is 9.47. The Morgan fingerprint density at radius 2 is 1.84 bits per heavy atom. The Morgan fingerprint density at radius 3 is 2.58 bits per heavy atom. The molecule has 0 atom stereocenters. The number of hydrogen-bond donors (Lipinski definition) is 3. The summed E-state index contributed by atoms with van der Waals surface area (Å²) >= 11 is 0. The maximum atomic E-state index is 12.6. The van der Waals surface area contributed by atoms with Crippen molar-refractivity contribution in [1.29, 1.82) is 0 Å². The largest absolute Gasteiger partial charge is 0.447 e. The lowest BCUT2D eigenvalue weighted by Crippen LogP contribution is -2.24. The molecule has 4 aromatic rings. The zero-order chi connectivity index (χ0) is 22.8. The van der Waals surface area contributed by atoms with Gasteiger partial charge >= 0.3 is 0 Å². The monoisotopic (exact) mass is 421 g/mol. The molecule has 0 saturated heterocycles. The van der Waals surface area contributed by atoms with Gasteiger partial charge in [0.05, 0.1) is 11.9 Å². The zero-order valence-corrected chi connectivity index (χ0v) is 18.8. The van der Waals surface area contributed by atoms with Crippen molar-refractivity contribution < 1.29 is 9.21 Å². The number of nitrogens with one attached hydrogen (secondary N) is 2. The van der Waals surface area contributed by atoms with Crippen molar-refractivity contribution in [2.45, 2.75) is 41.0 Å². The van der Waals surface area contributed by atoms with Crippen LogP contribution >= 0.6 is 0 Å². The highest BCUT2D eigenvalue weighted by Crippen LogP contribution is 2.34. The first-order valence-corrected chi connectivity index (χ1v) is 10.7. The summed E-state index contributed by atoms with van der Waals surface area (Å²) in [5, 5.41) is 8.81. The van der Waals surface area contributed by atoms with E-state index in [-0.39, 0.29) is 11.7 Å². The lowest BCUT2D eigenvalue weighted by atomic mass is 10.1. The molecule has 4 N–H and O–H groups in total. The molecule has 0 aliphatic carbocycles. The summed E-state index contributed by atoms with van der Waals surface area (Å²) < 4.78 is 5.77. The smallest absolute Gasteiger partial charge is 0.289 e. The lowest BCUT2D eigenvalue weighted by molar-refractivity contribution is 0.0929. The van der Waals surface area contributed by atoms with Gasteiger partial charge in [0.15, 0.2) is 5.58 Å². The van der Waals surface area contributed by atoms with Crippen LogP contribution in [0.4, 0.5) is 17.2 Å². The van der Waals surface area contributed by atoms with E-state index in [1.165, 1.54) is 0 Å². The molecule has 0 bridgehead atoms. The predicted octanol–water partition coefficient (Wildman–Crippen LogP) is 5.89. The van der Waals surface area contributed by atoms with Crippen LogP contribution in [0, 0.1) is 0 Å². The molecule has 0 aliphatic rings. The fourth-order valence-corrected chi connectivity index (χ4v) is 2.98. The first-order valence-electron chi connectivity index (χ1n) is 10.7. The molecule has 4 rings (SSSR count). The number of carbonyl (C=O) groups excluding carboxylic acids is 1. The number of nitrogen functional groups attached to an aromatic ring is 1. The third kappa shape index (κ3) is 5.31. The van der Waals surface area contributed by atoms with Gasteiger partial charge in [0.2, 0.25) is 5.76 Å². The van der Waals surface area contributed by atoms with E-state index in [0.29, 0.717) is 23.6 Å². The Kier molecular flexibility index (Phi) is 8.81. The summed E-state index contributed by atoms with van der Waals surface area (Å²) in [5.41, 5.74) is 7.90. The summed E-state index contributed by atoms with van der Waals surface area (Å²) in [4.78, 5) is 20.7. The third-order valence-corrected chi connectivity index (χ3v) is 4.30. The van der Waals surface area contributed by atoms with Gasteiger partial charge in [0.25, 0.3) is 5.91 Å². The molecule has 0 aliphatic heterocycles. The Hall–Kier alpha value is -3.61. The molecule has 0 spiro atoms. The fraction of sp³-hybridized carbons (Fsp3) is 0.292. The van der Waals surface area contributed by atoms with Crippen LogP contribution in [0.15, 0.2) is 53.3 Å². The number of fused-ring (bicyclic) bond motifs is 2. The number of benzene rings is 1. The Morgan fingerprint density at radius 1 is 1.06 bits per heavy atom. The van der Waals surface area contributed by atoms with E-state index < -0.39 is 0 Å². The molecular weight excluding hydrogens is 390 g/mol. The molecule has 0 fully saturated rings. The molecule has 0 radical (unpaired) electrons. The standard InChI is InChI=1S/C20H19N5O2.2C2H6/c1-2-7-24-20(26)18-17(15-6-8-22-11-16(15)27-18)25-13-3-4-14-12(10-13)5-9-23-19(14)21;2*1-2/h3-6,8-11,25H,2,7H2,1H3,(H2,21,23)(H,24,26);2*1-2H3. The van der Waals surface area contributed by atoms with E-state index in [9.17, 15) is 4.79 Å². The van der Waals surface area contributed by atoms with Crippen LogP contribution in [0.5, 0.6) is 0 Å². The number of nitrogens with two attached hydrogens (primary N) is 1. The van der Waals surface area contributed by atoms with E-state index >= 15 is 0 Å². The van der Waals surface area contributed by atoms with Crippen LogP contribution in [-0.2, 0) is 0 Å². The number of carbonyl (C=O) groups is 1. The summed E-state index contributed by atoms with van der Waals surface area (Å²) in [6.45, 7) is 10.6. The Balaban J connectivity index is 0.000000807. The molecule has 0 saturated carbocycles. The van der Waals surface area contributed by atoms with Crippen molar-refractivity contribution in [1.82, 2.24) is 15.3 Å². The Bertz CT molecular complexity index is 1140. The lowest BCUT2D eigenvalue weighted by Gasteiger charge is -2.09. The van der Waals surface area contributed by atoms with E-state index in [1.54, 1.807) is 18.6 Å². The van der Waals surface area contributed by atoms with Crippen LogP contribution in [0.1, 0.15) is 51.6 Å². The van der Waals surface area contributed by atoms with Crippen LogP contribution < -0.4 is 16.4 Å². The van der Waals surface area contributed by atoms with Gasteiger partial charge in [-0.15, -0.1) is 0 Å². The van der Waals surface area contributed by atoms with Gasteiger partial charge in [-0.3, -0.25) is 9.78 Å². The van der Waals surface area contributed by atoms with Crippen molar-refractivity contribution in [2.24, 2.45) is 0 Å². The van der Waals surface area contributed by atoms with E-state index in [1.807, 2.05) is 65.0 Å². The van der Waals surface area contributed by atoms with Gasteiger partial charge in [0, 0.05) is 35.4 Å². The van der Waals surface area contributed by atoms with Gasteiger partial charge in [-0.1, -0.05) is 34.6 Å². The Labute approximate surface area is 183 Å². The average molecular weight is 422 g/mol. The molecule has 1 amide bonds. The van der Waals surface area contributed by atoms with Crippen LogP contribution in [-0.4, -0.2) is 22.4 Å². The van der Waals surface area contributed by atoms with Gasteiger partial charge in [-0.25, -0.2) is 4.98 Å². The minimum absolute atomic E-state index is 0.237. The van der Waals surface area contributed by atoms with Crippen LogP contribution in [0.2, 0.25) is 0 Å². The fourth-order valence-electron chi connectivity index (χ4n) is 2.98. The van der Waals surface area contributed by atoms with Gasteiger partial charge < -0.3 is 20.8 Å². The SMILES string of the molecule is CC.CC.CCCNC(=O)c1oc2cnccc2c1Nc1ccc2c(N)nccc2c1. The van der Waals surface area contributed by atoms with Crippen LogP contribution in [0.25, 0.3) is 21.7 Å².